The van der Waals surface area contributed by atoms with Crippen LogP contribution in [0.1, 0.15) is 40.9 Å². The van der Waals surface area contributed by atoms with E-state index in [0.29, 0.717) is 28.4 Å². The Morgan fingerprint density at radius 3 is 2.59 bits per heavy atom. The Labute approximate surface area is 199 Å². The fraction of sp³-hybridized carbons (Fsp3) is 0.292. The predicted octanol–water partition coefficient (Wildman–Crippen LogP) is 2.55. The first-order valence-corrected chi connectivity index (χ1v) is 12.4. The van der Waals surface area contributed by atoms with Gasteiger partial charge < -0.3 is 9.80 Å². The van der Waals surface area contributed by atoms with Gasteiger partial charge in [0.05, 0.1) is 33.5 Å². The van der Waals surface area contributed by atoms with Crippen molar-refractivity contribution in [2.24, 2.45) is 0 Å². The summed E-state index contributed by atoms with van der Waals surface area (Å²) in [4.78, 5) is 45.4. The number of fused-ring (bicyclic) bond motifs is 2. The number of aromatic nitrogens is 3. The second-order valence-electron chi connectivity index (χ2n) is 8.53. The molecule has 0 fully saturated rings. The van der Waals surface area contributed by atoms with Gasteiger partial charge in [-0.15, -0.1) is 0 Å². The molecule has 10 heteroatoms. The van der Waals surface area contributed by atoms with Gasteiger partial charge in [0.25, 0.3) is 5.91 Å². The monoisotopic (exact) mass is 476 g/mol. The molecule has 2 aromatic heterocycles. The minimum Gasteiger partial charge on any atom is -0.355 e. The molecule has 0 bridgehead atoms. The van der Waals surface area contributed by atoms with Gasteiger partial charge in [0.1, 0.15) is 5.69 Å². The zero-order valence-electron chi connectivity index (χ0n) is 19.3. The summed E-state index contributed by atoms with van der Waals surface area (Å²) in [6.45, 7) is 1.96. The fourth-order valence-electron chi connectivity index (χ4n) is 4.53. The summed E-state index contributed by atoms with van der Waals surface area (Å²) in [7, 11) is 2.23. The first kappa shape index (κ1) is 22.1. The van der Waals surface area contributed by atoms with Gasteiger partial charge in [0.15, 0.2) is 5.82 Å². The summed E-state index contributed by atoms with van der Waals surface area (Å²) in [5.74, 6) is 0.438. The second kappa shape index (κ2) is 8.28. The van der Waals surface area contributed by atoms with E-state index >= 15 is 0 Å². The summed E-state index contributed by atoms with van der Waals surface area (Å²) in [5.41, 5.74) is 2.52. The van der Waals surface area contributed by atoms with Gasteiger partial charge >= 0.3 is 0 Å². The molecule has 174 valence electrons. The van der Waals surface area contributed by atoms with Gasteiger partial charge in [-0.3, -0.25) is 23.7 Å². The van der Waals surface area contributed by atoms with Crippen LogP contribution in [0.5, 0.6) is 0 Å². The average Bonchev–Trinajstić information content (AvgIpc) is 3.11. The lowest BCUT2D eigenvalue weighted by atomic mass is 9.99. The molecule has 2 amide bonds. The number of rotatable bonds is 3. The number of benzene rings is 1. The summed E-state index contributed by atoms with van der Waals surface area (Å²) >= 11 is 0. The number of carbonyl (C=O) groups is 2. The molecule has 2 aliphatic rings. The van der Waals surface area contributed by atoms with E-state index in [4.69, 9.17) is 4.98 Å². The van der Waals surface area contributed by atoms with Crippen molar-refractivity contribution in [2.45, 2.75) is 30.3 Å². The van der Waals surface area contributed by atoms with Crippen molar-refractivity contribution in [2.75, 3.05) is 35.1 Å². The molecule has 0 radical (unpaired) electrons. The molecule has 3 aromatic rings. The lowest BCUT2D eigenvalue weighted by Crippen LogP contribution is -2.33. The molecular formula is C24H24N6O3S. The Morgan fingerprint density at radius 2 is 1.88 bits per heavy atom. The number of pyridine rings is 1. The number of hydrogen-bond acceptors (Lipinski definition) is 7. The van der Waals surface area contributed by atoms with Crippen LogP contribution >= 0.6 is 0 Å². The quantitative estimate of drug-likeness (QED) is 0.573. The minimum atomic E-state index is -1.35. The van der Waals surface area contributed by atoms with Gasteiger partial charge in [-0.1, -0.05) is 18.2 Å². The summed E-state index contributed by atoms with van der Waals surface area (Å²) in [6, 6.07) is 8.50. The zero-order chi connectivity index (χ0) is 24.1. The van der Waals surface area contributed by atoms with Gasteiger partial charge in [0.2, 0.25) is 11.9 Å². The molecule has 0 spiro atoms. The smallest absolute Gasteiger partial charge is 0.263 e. The first-order valence-electron chi connectivity index (χ1n) is 10.9. The molecule has 5 rings (SSSR count). The van der Waals surface area contributed by atoms with E-state index in [1.807, 2.05) is 43.1 Å². The van der Waals surface area contributed by atoms with E-state index in [1.165, 1.54) is 4.90 Å². The van der Waals surface area contributed by atoms with Gasteiger partial charge in [-0.2, -0.15) is 4.98 Å². The van der Waals surface area contributed by atoms with E-state index in [0.717, 1.165) is 11.1 Å². The molecule has 1 aromatic carbocycles. The molecule has 2 aliphatic heterocycles. The van der Waals surface area contributed by atoms with E-state index < -0.39 is 16.8 Å². The Morgan fingerprint density at radius 1 is 1.09 bits per heavy atom. The maximum absolute atomic E-state index is 13.8. The Hall–Kier alpha value is -3.66. The van der Waals surface area contributed by atoms with Crippen molar-refractivity contribution >= 4 is 40.1 Å². The SMILES string of the molecule is C[C@@H]1CC(=O)N(C)c2cnc(N3C(=O)c4c(cccc4S(C)=O)C3c3cccnc3)nc2N1C. The van der Waals surface area contributed by atoms with E-state index in [2.05, 4.69) is 9.97 Å². The van der Waals surface area contributed by atoms with Crippen LogP contribution in [0, 0.1) is 0 Å². The maximum atomic E-state index is 13.8. The highest BCUT2D eigenvalue weighted by Crippen LogP contribution is 2.43. The molecule has 0 N–H and O–H groups in total. The van der Waals surface area contributed by atoms with E-state index in [1.54, 1.807) is 42.9 Å². The summed E-state index contributed by atoms with van der Waals surface area (Å²) in [5, 5.41) is 0. The third-order valence-electron chi connectivity index (χ3n) is 6.51. The Kier molecular flexibility index (Phi) is 5.40. The fourth-order valence-corrected chi connectivity index (χ4v) is 5.30. The van der Waals surface area contributed by atoms with Crippen LogP contribution in [-0.4, -0.2) is 57.4 Å². The number of amides is 2. The van der Waals surface area contributed by atoms with Crippen molar-refractivity contribution in [1.82, 2.24) is 15.0 Å². The topological polar surface area (TPSA) is 99.6 Å². The largest absolute Gasteiger partial charge is 0.355 e. The minimum absolute atomic E-state index is 0.0255. The first-order chi connectivity index (χ1) is 16.3. The van der Waals surface area contributed by atoms with Crippen molar-refractivity contribution in [3.63, 3.8) is 0 Å². The highest BCUT2D eigenvalue weighted by Gasteiger charge is 2.43. The molecule has 3 atom stereocenters. The van der Waals surface area contributed by atoms with Crippen LogP contribution in [0.25, 0.3) is 0 Å². The van der Waals surface area contributed by atoms with Crippen molar-refractivity contribution < 1.29 is 13.8 Å². The molecular weight excluding hydrogens is 452 g/mol. The summed E-state index contributed by atoms with van der Waals surface area (Å²) < 4.78 is 12.5. The predicted molar refractivity (Wildman–Crippen MR) is 130 cm³/mol. The zero-order valence-corrected chi connectivity index (χ0v) is 20.1. The third-order valence-corrected chi connectivity index (χ3v) is 7.47. The van der Waals surface area contributed by atoms with Crippen molar-refractivity contribution in [3.05, 3.63) is 65.6 Å². The van der Waals surface area contributed by atoms with Crippen LogP contribution < -0.4 is 14.7 Å². The standard InChI is InChI=1S/C24H24N6O3S/c1-14-11-19(31)29(3)17-13-26-24(27-22(17)28(14)2)30-21(15-7-6-10-25-12-15)16-8-5-9-18(34(4)33)20(16)23(30)32/h5-10,12-14,21H,11H2,1-4H3/t14-,21?,34?/m1/s1. The lowest BCUT2D eigenvalue weighted by Gasteiger charge is -2.27. The number of nitrogens with zero attached hydrogens (tertiary/aromatic N) is 6. The van der Waals surface area contributed by atoms with E-state index in [-0.39, 0.29) is 23.8 Å². The van der Waals surface area contributed by atoms with Crippen molar-refractivity contribution in [3.8, 4) is 0 Å². The number of carbonyl (C=O) groups excluding carboxylic acids is 2. The summed E-state index contributed by atoms with van der Waals surface area (Å²) in [6.07, 6.45) is 6.87. The normalized spacial score (nSPS) is 20.8. The average molecular weight is 477 g/mol. The van der Waals surface area contributed by atoms with Crippen molar-refractivity contribution in [1.29, 1.82) is 0 Å². The lowest BCUT2D eigenvalue weighted by molar-refractivity contribution is -0.118. The molecule has 2 unspecified atom stereocenters. The molecule has 0 saturated heterocycles. The van der Waals surface area contributed by atoms with Crippen LogP contribution in [-0.2, 0) is 15.6 Å². The van der Waals surface area contributed by atoms with Crippen LogP contribution in [0.15, 0.2) is 53.8 Å². The maximum Gasteiger partial charge on any atom is 0.263 e. The Bertz CT molecular complexity index is 1330. The molecule has 9 nitrogen and oxygen atoms in total. The van der Waals surface area contributed by atoms with Crippen LogP contribution in [0.4, 0.5) is 17.5 Å². The molecule has 4 heterocycles. The highest BCUT2D eigenvalue weighted by molar-refractivity contribution is 7.84. The van der Waals surface area contributed by atoms with Crippen LogP contribution in [0.2, 0.25) is 0 Å². The molecule has 34 heavy (non-hydrogen) atoms. The number of hydrogen-bond donors (Lipinski definition) is 0. The Balaban J connectivity index is 1.71. The van der Waals surface area contributed by atoms with Gasteiger partial charge in [0, 0.05) is 45.2 Å². The van der Waals surface area contributed by atoms with Gasteiger partial charge in [-0.05, 0) is 30.2 Å². The van der Waals surface area contributed by atoms with Crippen LogP contribution in [0.3, 0.4) is 0 Å². The number of anilines is 3. The third kappa shape index (κ3) is 3.37. The van der Waals surface area contributed by atoms with Gasteiger partial charge in [-0.25, -0.2) is 4.98 Å². The molecule has 0 saturated carbocycles. The second-order valence-corrected chi connectivity index (χ2v) is 9.88. The van der Waals surface area contributed by atoms with E-state index in [9.17, 15) is 13.8 Å². The molecule has 0 aliphatic carbocycles. The highest BCUT2D eigenvalue weighted by atomic mass is 32.2.